The highest BCUT2D eigenvalue weighted by atomic mass is 32.1. The lowest BCUT2D eigenvalue weighted by atomic mass is 10.0. The quantitative estimate of drug-likeness (QED) is 0.765. The lowest BCUT2D eigenvalue weighted by molar-refractivity contribution is -0.137. The van der Waals surface area contributed by atoms with E-state index >= 15 is 0 Å². The van der Waals surface area contributed by atoms with Gasteiger partial charge < -0.3 is 19.9 Å². The molecule has 2 N–H and O–H groups in total. The van der Waals surface area contributed by atoms with Gasteiger partial charge in [-0.2, -0.15) is 0 Å². The van der Waals surface area contributed by atoms with E-state index in [1.807, 2.05) is 17.5 Å². The molecular weight excluding hydrogens is 330 g/mol. The van der Waals surface area contributed by atoms with Crippen LogP contribution >= 0.6 is 11.3 Å². The van der Waals surface area contributed by atoms with Gasteiger partial charge in [-0.1, -0.05) is 6.07 Å². The Kier molecular flexibility index (Phi) is 6.20. The monoisotopic (exact) mass is 349 g/mol. The standard InChI is InChI=1S/C17H19NO5S/c1-22-11-5-6-13(15(8-11)23-2)14(10-17(20)21)18-16(19)9-12-4-3-7-24-12/h3-8,14H,9-10H2,1-2H3,(H,18,19)(H,20,21). The second-order valence-corrected chi connectivity index (χ2v) is 6.11. The zero-order valence-corrected chi connectivity index (χ0v) is 14.3. The molecule has 2 aromatic rings. The van der Waals surface area contributed by atoms with E-state index in [0.717, 1.165) is 4.88 Å². The third kappa shape index (κ3) is 4.73. The Labute approximate surface area is 144 Å². The van der Waals surface area contributed by atoms with Gasteiger partial charge in [0.25, 0.3) is 0 Å². The van der Waals surface area contributed by atoms with E-state index in [1.54, 1.807) is 18.2 Å². The number of hydrogen-bond acceptors (Lipinski definition) is 5. The number of carbonyl (C=O) groups is 2. The second kappa shape index (κ2) is 8.35. The molecule has 1 amide bonds. The van der Waals surface area contributed by atoms with Crippen molar-refractivity contribution >= 4 is 23.2 Å². The molecule has 1 atom stereocenters. The van der Waals surface area contributed by atoms with Crippen LogP contribution in [0.15, 0.2) is 35.7 Å². The predicted octanol–water partition coefficient (Wildman–Crippen LogP) is 2.64. The Morgan fingerprint density at radius 3 is 2.62 bits per heavy atom. The minimum absolute atomic E-state index is 0.215. The first-order valence-corrected chi connectivity index (χ1v) is 8.17. The summed E-state index contributed by atoms with van der Waals surface area (Å²) in [5.41, 5.74) is 0.597. The van der Waals surface area contributed by atoms with E-state index in [2.05, 4.69) is 5.32 Å². The van der Waals surface area contributed by atoms with E-state index in [9.17, 15) is 9.59 Å². The fourth-order valence-electron chi connectivity index (χ4n) is 2.34. The molecule has 1 unspecified atom stereocenters. The number of rotatable bonds is 8. The maximum Gasteiger partial charge on any atom is 0.305 e. The molecule has 2 rings (SSSR count). The van der Waals surface area contributed by atoms with Gasteiger partial charge in [0.2, 0.25) is 5.91 Å². The first kappa shape index (κ1) is 17.8. The predicted molar refractivity (Wildman–Crippen MR) is 90.7 cm³/mol. The van der Waals surface area contributed by atoms with Crippen LogP contribution in [0.3, 0.4) is 0 Å². The summed E-state index contributed by atoms with van der Waals surface area (Å²) in [6, 6.07) is 8.12. The summed E-state index contributed by atoms with van der Waals surface area (Å²) in [7, 11) is 3.02. The molecule has 0 spiro atoms. The number of hydrogen-bond donors (Lipinski definition) is 2. The van der Waals surface area contributed by atoms with Gasteiger partial charge in [-0.15, -0.1) is 11.3 Å². The zero-order valence-electron chi connectivity index (χ0n) is 13.4. The van der Waals surface area contributed by atoms with Gasteiger partial charge in [0, 0.05) is 16.5 Å². The highest BCUT2D eigenvalue weighted by Gasteiger charge is 2.22. The van der Waals surface area contributed by atoms with Gasteiger partial charge in [0.1, 0.15) is 11.5 Å². The van der Waals surface area contributed by atoms with E-state index in [4.69, 9.17) is 14.6 Å². The van der Waals surface area contributed by atoms with Crippen LogP contribution in [-0.4, -0.2) is 31.2 Å². The van der Waals surface area contributed by atoms with E-state index in [0.29, 0.717) is 17.1 Å². The van der Waals surface area contributed by atoms with Crippen molar-refractivity contribution in [2.24, 2.45) is 0 Å². The number of benzene rings is 1. The number of amides is 1. The third-order valence-corrected chi connectivity index (χ3v) is 4.32. The number of methoxy groups -OCH3 is 2. The van der Waals surface area contributed by atoms with Crippen molar-refractivity contribution in [3.63, 3.8) is 0 Å². The zero-order chi connectivity index (χ0) is 17.5. The Bertz CT molecular complexity index is 699. The van der Waals surface area contributed by atoms with E-state index in [1.165, 1.54) is 25.6 Å². The fourth-order valence-corrected chi connectivity index (χ4v) is 3.04. The lowest BCUT2D eigenvalue weighted by Crippen LogP contribution is -2.31. The van der Waals surface area contributed by atoms with E-state index in [-0.39, 0.29) is 18.7 Å². The average Bonchev–Trinajstić information content (AvgIpc) is 3.05. The molecule has 0 saturated carbocycles. The van der Waals surface area contributed by atoms with Crippen LogP contribution in [0, 0.1) is 0 Å². The van der Waals surface area contributed by atoms with Gasteiger partial charge in [0.15, 0.2) is 0 Å². The minimum atomic E-state index is -1.01. The molecule has 0 aliphatic rings. The molecule has 128 valence electrons. The summed E-state index contributed by atoms with van der Waals surface area (Å²) in [4.78, 5) is 24.3. The number of aliphatic carboxylic acids is 1. The van der Waals surface area contributed by atoms with Crippen molar-refractivity contribution in [3.05, 3.63) is 46.2 Å². The first-order chi connectivity index (χ1) is 11.5. The average molecular weight is 349 g/mol. The van der Waals surface area contributed by atoms with Crippen LogP contribution in [0.1, 0.15) is 22.9 Å². The maximum absolute atomic E-state index is 12.2. The Morgan fingerprint density at radius 2 is 2.04 bits per heavy atom. The molecule has 0 aliphatic heterocycles. The van der Waals surface area contributed by atoms with Crippen molar-refractivity contribution in [1.29, 1.82) is 0 Å². The first-order valence-electron chi connectivity index (χ1n) is 7.29. The summed E-state index contributed by atoms with van der Waals surface area (Å²) in [5, 5.41) is 13.8. The van der Waals surface area contributed by atoms with Gasteiger partial charge in [-0.05, 0) is 23.6 Å². The largest absolute Gasteiger partial charge is 0.497 e. The molecule has 1 aromatic carbocycles. The highest BCUT2D eigenvalue weighted by Crippen LogP contribution is 2.31. The SMILES string of the molecule is COc1ccc(C(CC(=O)O)NC(=O)Cc2cccs2)c(OC)c1. The molecule has 6 nitrogen and oxygen atoms in total. The third-order valence-electron chi connectivity index (χ3n) is 3.44. The van der Waals surface area contributed by atoms with Crippen LogP contribution < -0.4 is 14.8 Å². The number of carbonyl (C=O) groups excluding carboxylic acids is 1. The number of thiophene rings is 1. The smallest absolute Gasteiger partial charge is 0.305 e. The van der Waals surface area contributed by atoms with Crippen molar-refractivity contribution in [3.8, 4) is 11.5 Å². The number of ether oxygens (including phenoxy) is 2. The van der Waals surface area contributed by atoms with Crippen LogP contribution in [0.2, 0.25) is 0 Å². The summed E-state index contributed by atoms with van der Waals surface area (Å²) >= 11 is 1.48. The molecule has 1 heterocycles. The summed E-state index contributed by atoms with van der Waals surface area (Å²) in [5.74, 6) is -0.178. The maximum atomic E-state index is 12.2. The van der Waals surface area contributed by atoms with Crippen molar-refractivity contribution in [2.45, 2.75) is 18.9 Å². The van der Waals surface area contributed by atoms with Crippen LogP contribution in [0.5, 0.6) is 11.5 Å². The molecule has 0 radical (unpaired) electrons. The normalized spacial score (nSPS) is 11.6. The number of carboxylic acid groups (broad SMARTS) is 1. The van der Waals surface area contributed by atoms with Crippen LogP contribution in [0.25, 0.3) is 0 Å². The summed E-state index contributed by atoms with van der Waals surface area (Å²) in [6.45, 7) is 0. The number of nitrogens with one attached hydrogen (secondary N) is 1. The Morgan fingerprint density at radius 1 is 1.25 bits per heavy atom. The van der Waals surface area contributed by atoms with Crippen molar-refractivity contribution in [2.75, 3.05) is 14.2 Å². The molecule has 0 bridgehead atoms. The van der Waals surface area contributed by atoms with Crippen molar-refractivity contribution < 1.29 is 24.2 Å². The van der Waals surface area contributed by atoms with Gasteiger partial charge in [-0.3, -0.25) is 9.59 Å². The molecule has 0 fully saturated rings. The summed E-state index contributed by atoms with van der Waals surface area (Å²) in [6.07, 6.45) is -0.0227. The van der Waals surface area contributed by atoms with E-state index < -0.39 is 12.0 Å². The topological polar surface area (TPSA) is 84.9 Å². The second-order valence-electron chi connectivity index (χ2n) is 5.08. The number of carboxylic acids is 1. The molecule has 0 aliphatic carbocycles. The fraction of sp³-hybridized carbons (Fsp3) is 0.294. The van der Waals surface area contributed by atoms with Gasteiger partial charge in [0.05, 0.1) is 33.1 Å². The van der Waals surface area contributed by atoms with Crippen LogP contribution in [0.4, 0.5) is 0 Å². The molecular formula is C17H19NO5S. The highest BCUT2D eigenvalue weighted by molar-refractivity contribution is 7.10. The van der Waals surface area contributed by atoms with Gasteiger partial charge >= 0.3 is 5.97 Å². The summed E-state index contributed by atoms with van der Waals surface area (Å²) < 4.78 is 10.5. The lowest BCUT2D eigenvalue weighted by Gasteiger charge is -2.20. The van der Waals surface area contributed by atoms with Crippen molar-refractivity contribution in [1.82, 2.24) is 5.32 Å². The van der Waals surface area contributed by atoms with Crippen LogP contribution in [-0.2, 0) is 16.0 Å². The molecule has 0 saturated heterocycles. The molecule has 7 heteroatoms. The van der Waals surface area contributed by atoms with Gasteiger partial charge in [-0.25, -0.2) is 0 Å². The minimum Gasteiger partial charge on any atom is -0.497 e. The Hall–Kier alpha value is -2.54. The Balaban J connectivity index is 2.21. The molecule has 1 aromatic heterocycles. The molecule has 24 heavy (non-hydrogen) atoms.